The first-order chi connectivity index (χ1) is 15.8. The van der Waals surface area contributed by atoms with E-state index in [0.717, 1.165) is 0 Å². The highest BCUT2D eigenvalue weighted by atomic mass is 35.5. The third kappa shape index (κ3) is 6.46. The molecule has 1 aliphatic heterocycles. The second-order valence-electron chi connectivity index (χ2n) is 5.67. The molecule has 1 unspecified atom stereocenters. The highest BCUT2D eigenvalue weighted by Gasteiger charge is 2.26. The van der Waals surface area contributed by atoms with Crippen LogP contribution in [0, 0.1) is 0 Å². The summed E-state index contributed by atoms with van der Waals surface area (Å²) in [6.45, 7) is -12.9. The minimum Gasteiger partial charge on any atom is -0.394 e. The van der Waals surface area contributed by atoms with Gasteiger partial charge in [-0.25, -0.2) is 0 Å². The number of ether oxygens (including phenoxy) is 1. The molecule has 0 bridgehead atoms. The number of rotatable bonds is 8. The molecule has 2 aromatic carbocycles. The van der Waals surface area contributed by atoms with Crippen molar-refractivity contribution in [2.75, 3.05) is 52.4 Å². The van der Waals surface area contributed by atoms with Crippen molar-refractivity contribution < 1.29 is 20.8 Å². The number of halogens is 2. The fraction of sp³-hybridized carbons (Fsp3) is 0.429. The monoisotopic (exact) mass is 418 g/mol. The van der Waals surface area contributed by atoms with E-state index in [2.05, 4.69) is 0 Å². The van der Waals surface area contributed by atoms with Crippen LogP contribution in [0.5, 0.6) is 0 Å². The lowest BCUT2D eigenvalue weighted by atomic mass is 9.96. The number of hydrogen-bond donors (Lipinski definition) is 1. The summed E-state index contributed by atoms with van der Waals surface area (Å²) >= 11 is 6.02. The maximum absolute atomic E-state index is 8.88. The number of nitrogens with zero attached hydrogens (tertiary/aromatic N) is 2. The van der Waals surface area contributed by atoms with Gasteiger partial charge in [0, 0.05) is 48.5 Å². The molecule has 0 aromatic heterocycles. The number of hydrogen-bond acceptors (Lipinski definition) is 4. The maximum Gasteiger partial charge on any atom is 0.0698 e. The number of piperazine rings is 1. The number of aliphatic hydroxyl groups excluding tert-OH is 1. The summed E-state index contributed by atoms with van der Waals surface area (Å²) in [4.78, 5) is 1.17. The summed E-state index contributed by atoms with van der Waals surface area (Å²) in [7, 11) is 0. The van der Waals surface area contributed by atoms with E-state index >= 15 is 0 Å². The topological polar surface area (TPSA) is 35.9 Å². The average Bonchev–Trinajstić information content (AvgIpc) is 2.77. The van der Waals surface area contributed by atoms with E-state index in [4.69, 9.17) is 32.4 Å². The lowest BCUT2D eigenvalue weighted by Crippen LogP contribution is -2.48. The fourth-order valence-corrected chi connectivity index (χ4v) is 2.74. The van der Waals surface area contributed by atoms with Crippen LogP contribution in [0.4, 0.5) is 0 Å². The lowest BCUT2D eigenvalue weighted by molar-refractivity contribution is 0.0522. The van der Waals surface area contributed by atoms with Gasteiger partial charge in [-0.3, -0.25) is 9.80 Å². The molecule has 2 aromatic rings. The smallest absolute Gasteiger partial charge is 0.0698 e. The molecule has 1 aliphatic rings. The van der Waals surface area contributed by atoms with Gasteiger partial charge in [0.15, 0.2) is 0 Å². The molecule has 1 saturated heterocycles. The Morgan fingerprint density at radius 1 is 0.963 bits per heavy atom. The van der Waals surface area contributed by atoms with Gasteiger partial charge in [0.2, 0.25) is 0 Å². The molecule has 4 nitrogen and oxygen atoms in total. The maximum atomic E-state index is 8.88. The SMILES string of the molecule is Cl.[2H]C1([2H])N(CCOCCO)C([2H])([2H])C([2H])([2H])N(C(c2ccccc2)c2ccc(Cl)cc2)C1([2H])[2H]. The first-order valence-corrected chi connectivity index (χ1v) is 8.74. The van der Waals surface area contributed by atoms with Crippen molar-refractivity contribution in [3.63, 3.8) is 0 Å². The van der Waals surface area contributed by atoms with Crippen molar-refractivity contribution in [3.8, 4) is 0 Å². The highest BCUT2D eigenvalue weighted by Crippen LogP contribution is 2.30. The first-order valence-electron chi connectivity index (χ1n) is 12.4. The highest BCUT2D eigenvalue weighted by molar-refractivity contribution is 6.30. The fourth-order valence-electron chi connectivity index (χ4n) is 2.62. The molecule has 1 atom stereocenters. The molecule has 1 N–H and O–H groups in total. The van der Waals surface area contributed by atoms with Crippen molar-refractivity contribution in [1.29, 1.82) is 0 Å². The van der Waals surface area contributed by atoms with Crippen LogP contribution in [0.2, 0.25) is 5.02 Å². The Bertz CT molecular complexity index is 940. The minimum atomic E-state index is -2.99. The van der Waals surface area contributed by atoms with Gasteiger partial charge in [0.25, 0.3) is 0 Å². The van der Waals surface area contributed by atoms with Gasteiger partial charge in [-0.05, 0) is 23.3 Å². The molecule has 0 aliphatic carbocycles. The summed E-state index contributed by atoms with van der Waals surface area (Å²) in [5, 5.41) is 9.30. The Morgan fingerprint density at radius 3 is 2.22 bits per heavy atom. The molecule has 1 heterocycles. The molecule has 0 spiro atoms. The summed E-state index contributed by atoms with van der Waals surface area (Å²) in [5.41, 5.74) is 0.888. The molecule has 3 rings (SSSR count). The molecule has 148 valence electrons. The zero-order chi connectivity index (χ0) is 25.4. The predicted molar refractivity (Wildman–Crippen MR) is 113 cm³/mol. The van der Waals surface area contributed by atoms with E-state index in [-0.39, 0.29) is 32.2 Å². The predicted octanol–water partition coefficient (Wildman–Crippen LogP) is 3.48. The third-order valence-electron chi connectivity index (χ3n) is 3.86. The molecule has 0 saturated carbocycles. The number of aliphatic hydroxyl groups is 1. The van der Waals surface area contributed by atoms with Gasteiger partial charge in [-0.2, -0.15) is 0 Å². The van der Waals surface area contributed by atoms with E-state index in [9.17, 15) is 0 Å². The van der Waals surface area contributed by atoms with Gasteiger partial charge in [-0.1, -0.05) is 54.1 Å². The minimum absolute atomic E-state index is 0. The largest absolute Gasteiger partial charge is 0.394 e. The summed E-state index contributed by atoms with van der Waals surface area (Å²) in [6.07, 6.45) is 0. The van der Waals surface area contributed by atoms with Crippen molar-refractivity contribution in [1.82, 2.24) is 9.80 Å². The zero-order valence-corrected chi connectivity index (χ0v) is 16.2. The Balaban J connectivity index is 0.00000432. The van der Waals surface area contributed by atoms with E-state index in [0.29, 0.717) is 25.9 Å². The second kappa shape index (κ2) is 11.6. The van der Waals surface area contributed by atoms with Crippen LogP contribution in [0.15, 0.2) is 54.6 Å². The Kier molecular flexibility index (Phi) is 5.67. The summed E-state index contributed by atoms with van der Waals surface area (Å²) < 4.78 is 74.8. The van der Waals surface area contributed by atoms with E-state index in [1.807, 2.05) is 0 Å². The standard InChI is InChI=1S/C21H27ClN2O2.ClH/c22-20-8-6-19(7-9-20)21(18-4-2-1-3-5-18)24-12-10-23(11-13-24)14-16-26-17-15-25;/h1-9,21,25H,10-17H2;1H/i10D2,11D2,12D2,13D2;. The van der Waals surface area contributed by atoms with Crippen molar-refractivity contribution in [3.05, 3.63) is 70.7 Å². The molecule has 0 radical (unpaired) electrons. The third-order valence-corrected chi connectivity index (χ3v) is 4.12. The van der Waals surface area contributed by atoms with Crippen LogP contribution in [0.1, 0.15) is 28.1 Å². The molecule has 27 heavy (non-hydrogen) atoms. The number of benzene rings is 2. The molecular weight excluding hydrogens is 383 g/mol. The zero-order valence-electron chi connectivity index (χ0n) is 22.6. The lowest BCUT2D eigenvalue weighted by Gasteiger charge is -2.39. The molecule has 0 amide bonds. The van der Waals surface area contributed by atoms with Gasteiger partial charge < -0.3 is 9.84 Å². The van der Waals surface area contributed by atoms with E-state index in [1.54, 1.807) is 54.6 Å². The van der Waals surface area contributed by atoms with Crippen LogP contribution in [-0.4, -0.2) is 67.3 Å². The van der Waals surface area contributed by atoms with Crippen LogP contribution in [-0.2, 0) is 4.74 Å². The van der Waals surface area contributed by atoms with Crippen molar-refractivity contribution >= 4 is 24.0 Å². The van der Waals surface area contributed by atoms with Crippen molar-refractivity contribution in [2.24, 2.45) is 0 Å². The van der Waals surface area contributed by atoms with Crippen LogP contribution < -0.4 is 0 Å². The molecule has 6 heteroatoms. The Morgan fingerprint density at radius 2 is 1.59 bits per heavy atom. The van der Waals surface area contributed by atoms with Crippen LogP contribution in [0.3, 0.4) is 0 Å². The van der Waals surface area contributed by atoms with Gasteiger partial charge in [0.1, 0.15) is 0 Å². The van der Waals surface area contributed by atoms with Crippen LogP contribution in [0.25, 0.3) is 0 Å². The summed E-state index contributed by atoms with van der Waals surface area (Å²) in [6, 6.07) is 13.6. The van der Waals surface area contributed by atoms with E-state index < -0.39 is 38.6 Å². The second-order valence-corrected chi connectivity index (χ2v) is 6.11. The molecular formula is C21H28Cl2N2O2. The quantitative estimate of drug-likeness (QED) is 0.665. The van der Waals surface area contributed by atoms with Gasteiger partial charge in [0.05, 0.1) is 25.9 Å². The average molecular weight is 419 g/mol. The molecule has 1 fully saturated rings. The Labute approximate surface area is 184 Å². The van der Waals surface area contributed by atoms with Crippen molar-refractivity contribution in [2.45, 2.75) is 6.04 Å². The normalized spacial score (nSPS) is 28.5. The van der Waals surface area contributed by atoms with Gasteiger partial charge in [-0.15, -0.1) is 12.4 Å². The summed E-state index contributed by atoms with van der Waals surface area (Å²) in [5.74, 6) is 0. The van der Waals surface area contributed by atoms with E-state index in [1.165, 1.54) is 0 Å². The first kappa shape index (κ1) is 13.2. The van der Waals surface area contributed by atoms with Crippen LogP contribution >= 0.6 is 24.0 Å². The Hall–Kier alpha value is -1.14. The van der Waals surface area contributed by atoms with Gasteiger partial charge >= 0.3 is 0 Å².